The molecule has 0 heterocycles. The van der Waals surface area contributed by atoms with Gasteiger partial charge in [0, 0.05) is 17.9 Å². The summed E-state index contributed by atoms with van der Waals surface area (Å²) in [6, 6.07) is 13.2. The molecule has 0 fully saturated rings. The van der Waals surface area contributed by atoms with Gasteiger partial charge < -0.3 is 5.73 Å². The summed E-state index contributed by atoms with van der Waals surface area (Å²) < 4.78 is 12.4. The maximum Gasteiger partial charge on any atom is 0.285 e. The van der Waals surface area contributed by atoms with Crippen molar-refractivity contribution in [3.05, 3.63) is 69.8 Å². The average molecular weight is 304 g/mol. The molecule has 2 aromatic rings. The molecule has 0 saturated carbocycles. The van der Waals surface area contributed by atoms with Gasteiger partial charge in [-0.05, 0) is 24.1 Å². The van der Waals surface area contributed by atoms with E-state index < -0.39 is 21.8 Å². The van der Waals surface area contributed by atoms with E-state index in [1.807, 2.05) is 31.2 Å². The minimum Gasteiger partial charge on any atom is -0.323 e. The Morgan fingerprint density at radius 3 is 2.48 bits per heavy atom. The van der Waals surface area contributed by atoms with Crippen LogP contribution >= 0.6 is 0 Å². The molecule has 110 valence electrons. The zero-order valence-corrected chi connectivity index (χ0v) is 12.4. The lowest BCUT2D eigenvalue weighted by atomic mass is 10.0. The predicted molar refractivity (Wildman–Crippen MR) is 82.5 cm³/mol. The quantitative estimate of drug-likeness (QED) is 0.679. The van der Waals surface area contributed by atoms with E-state index in [0.29, 0.717) is 0 Å². The summed E-state index contributed by atoms with van der Waals surface area (Å²) in [7, 11) is -1.52. The second-order valence-electron chi connectivity index (χ2n) is 4.70. The van der Waals surface area contributed by atoms with E-state index >= 15 is 0 Å². The topological polar surface area (TPSA) is 86.2 Å². The zero-order chi connectivity index (χ0) is 15.4. The first-order chi connectivity index (χ1) is 10.0. The van der Waals surface area contributed by atoms with Crippen LogP contribution in [0, 0.1) is 17.0 Å². The maximum atomic E-state index is 12.4. The number of hydrogen-bond acceptors (Lipinski definition) is 4. The highest BCUT2D eigenvalue weighted by molar-refractivity contribution is 7.85. The molecule has 0 aliphatic rings. The molecule has 0 aromatic heterocycles. The Hall–Kier alpha value is -2.05. The zero-order valence-electron chi connectivity index (χ0n) is 11.6. The number of hydrogen-bond donors (Lipinski definition) is 1. The summed E-state index contributed by atoms with van der Waals surface area (Å²) in [6.45, 7) is 1.93. The molecular formula is C15H16N2O3S. The lowest BCUT2D eigenvalue weighted by molar-refractivity contribution is -0.387. The van der Waals surface area contributed by atoms with E-state index in [1.54, 1.807) is 12.1 Å². The number of benzene rings is 2. The van der Waals surface area contributed by atoms with Crippen molar-refractivity contribution in [2.45, 2.75) is 17.9 Å². The summed E-state index contributed by atoms with van der Waals surface area (Å²) in [6.07, 6.45) is 0. The van der Waals surface area contributed by atoms with Crippen LogP contribution < -0.4 is 5.73 Å². The Labute approximate surface area is 125 Å². The normalized spacial score (nSPS) is 13.6. The van der Waals surface area contributed by atoms with Crippen LogP contribution in [0.5, 0.6) is 0 Å². The highest BCUT2D eigenvalue weighted by Crippen LogP contribution is 2.24. The predicted octanol–water partition coefficient (Wildman–Crippen LogP) is 2.71. The van der Waals surface area contributed by atoms with Crippen molar-refractivity contribution in [3.63, 3.8) is 0 Å². The Morgan fingerprint density at radius 2 is 1.81 bits per heavy atom. The van der Waals surface area contributed by atoms with Crippen LogP contribution in [0.2, 0.25) is 0 Å². The number of rotatable bonds is 5. The number of nitrogens with zero attached hydrogens (tertiary/aromatic N) is 1. The fourth-order valence-electron chi connectivity index (χ4n) is 2.15. The number of nitro groups is 1. The van der Waals surface area contributed by atoms with Crippen molar-refractivity contribution in [3.8, 4) is 0 Å². The van der Waals surface area contributed by atoms with Gasteiger partial charge in [-0.3, -0.25) is 14.3 Å². The maximum absolute atomic E-state index is 12.4. The fourth-order valence-corrected chi connectivity index (χ4v) is 3.44. The van der Waals surface area contributed by atoms with Crippen LogP contribution in [0.3, 0.4) is 0 Å². The lowest BCUT2D eigenvalue weighted by Gasteiger charge is -2.14. The summed E-state index contributed by atoms with van der Waals surface area (Å²) >= 11 is 0. The molecule has 0 radical (unpaired) electrons. The number of nitro benzene ring substituents is 1. The van der Waals surface area contributed by atoms with Crippen LogP contribution in [0.25, 0.3) is 0 Å². The van der Waals surface area contributed by atoms with Crippen molar-refractivity contribution in [1.29, 1.82) is 0 Å². The molecule has 5 nitrogen and oxygen atoms in total. The van der Waals surface area contributed by atoms with E-state index in [-0.39, 0.29) is 16.3 Å². The molecule has 2 atom stereocenters. The molecule has 0 saturated heterocycles. The second-order valence-corrected chi connectivity index (χ2v) is 6.16. The molecule has 2 unspecified atom stereocenters. The Kier molecular flexibility index (Phi) is 4.82. The summed E-state index contributed by atoms with van der Waals surface area (Å²) in [5.74, 6) is 0.149. The third kappa shape index (κ3) is 3.53. The SMILES string of the molecule is Cc1ccccc1C(N)CS(=O)c1ccccc1[N+](=O)[O-]. The van der Waals surface area contributed by atoms with Crippen molar-refractivity contribution in [1.82, 2.24) is 0 Å². The first-order valence-electron chi connectivity index (χ1n) is 6.43. The van der Waals surface area contributed by atoms with Gasteiger partial charge in [0.15, 0.2) is 0 Å². The number of para-hydroxylation sites is 1. The van der Waals surface area contributed by atoms with Crippen LogP contribution in [-0.4, -0.2) is 14.9 Å². The second kappa shape index (κ2) is 6.60. The standard InChI is InChI=1S/C15H16N2O3S/c1-11-6-2-3-7-12(11)13(16)10-21(20)15-9-5-4-8-14(15)17(18)19/h2-9,13H,10,16H2,1H3. The molecule has 2 aromatic carbocycles. The summed E-state index contributed by atoms with van der Waals surface area (Å²) in [5.41, 5.74) is 7.89. The first kappa shape index (κ1) is 15.3. The monoisotopic (exact) mass is 304 g/mol. The molecule has 0 aliphatic carbocycles. The third-order valence-electron chi connectivity index (χ3n) is 3.23. The van der Waals surface area contributed by atoms with Crippen molar-refractivity contribution >= 4 is 16.5 Å². The van der Waals surface area contributed by atoms with Crippen LogP contribution in [0.4, 0.5) is 5.69 Å². The van der Waals surface area contributed by atoms with Gasteiger partial charge in [-0.25, -0.2) is 0 Å². The highest BCUT2D eigenvalue weighted by Gasteiger charge is 2.21. The average Bonchev–Trinajstić information content (AvgIpc) is 2.47. The molecule has 6 heteroatoms. The largest absolute Gasteiger partial charge is 0.323 e. The van der Waals surface area contributed by atoms with Crippen LogP contribution in [-0.2, 0) is 10.8 Å². The first-order valence-corrected chi connectivity index (χ1v) is 7.75. The van der Waals surface area contributed by atoms with E-state index in [2.05, 4.69) is 0 Å². The van der Waals surface area contributed by atoms with Gasteiger partial charge in [-0.2, -0.15) is 0 Å². The molecule has 21 heavy (non-hydrogen) atoms. The van der Waals surface area contributed by atoms with E-state index in [0.717, 1.165) is 11.1 Å². The number of nitrogens with two attached hydrogens (primary N) is 1. The Balaban J connectivity index is 2.23. The minimum atomic E-state index is -1.52. The van der Waals surface area contributed by atoms with E-state index in [9.17, 15) is 14.3 Å². The van der Waals surface area contributed by atoms with Crippen LogP contribution in [0.1, 0.15) is 17.2 Å². The summed E-state index contributed by atoms with van der Waals surface area (Å²) in [5, 5.41) is 11.0. The van der Waals surface area contributed by atoms with Gasteiger partial charge in [0.1, 0.15) is 4.90 Å². The lowest BCUT2D eigenvalue weighted by Crippen LogP contribution is -2.19. The Morgan fingerprint density at radius 1 is 1.19 bits per heavy atom. The highest BCUT2D eigenvalue weighted by atomic mass is 32.2. The third-order valence-corrected chi connectivity index (χ3v) is 4.72. The molecule has 0 aliphatic heterocycles. The van der Waals surface area contributed by atoms with Crippen molar-refractivity contribution in [2.24, 2.45) is 5.73 Å². The molecule has 0 amide bonds. The number of aryl methyl sites for hydroxylation is 1. The minimum absolute atomic E-state index is 0.132. The fraction of sp³-hybridized carbons (Fsp3) is 0.200. The van der Waals surface area contributed by atoms with Crippen molar-refractivity contribution < 1.29 is 9.13 Å². The molecule has 0 bridgehead atoms. The van der Waals surface area contributed by atoms with Gasteiger partial charge in [0.25, 0.3) is 5.69 Å². The molecular weight excluding hydrogens is 288 g/mol. The van der Waals surface area contributed by atoms with Gasteiger partial charge in [-0.15, -0.1) is 0 Å². The van der Waals surface area contributed by atoms with Gasteiger partial charge >= 0.3 is 0 Å². The Bertz CT molecular complexity index is 688. The van der Waals surface area contributed by atoms with Crippen molar-refractivity contribution in [2.75, 3.05) is 5.75 Å². The van der Waals surface area contributed by atoms with E-state index in [1.165, 1.54) is 12.1 Å². The molecule has 0 spiro atoms. The van der Waals surface area contributed by atoms with Gasteiger partial charge in [-0.1, -0.05) is 36.4 Å². The smallest absolute Gasteiger partial charge is 0.285 e. The van der Waals surface area contributed by atoms with E-state index in [4.69, 9.17) is 5.73 Å². The van der Waals surface area contributed by atoms with Gasteiger partial charge in [0.2, 0.25) is 0 Å². The molecule has 2 N–H and O–H groups in total. The van der Waals surface area contributed by atoms with Gasteiger partial charge in [0.05, 0.1) is 15.7 Å². The summed E-state index contributed by atoms with van der Waals surface area (Å²) in [4.78, 5) is 10.7. The van der Waals surface area contributed by atoms with Crippen LogP contribution in [0.15, 0.2) is 53.4 Å². The molecule has 2 rings (SSSR count).